The molecule has 0 aromatic heterocycles. The van der Waals surface area contributed by atoms with Crippen LogP contribution in [-0.4, -0.2) is 20.6 Å². The molecule has 2 fully saturated rings. The second-order valence-corrected chi connectivity index (χ2v) is 7.85. The molecule has 2 bridgehead atoms. The molecular formula is C15H19NO4S. The Balaban J connectivity index is 1.61. The number of carbonyl (C=O) groups is 1. The lowest BCUT2D eigenvalue weighted by atomic mass is 9.89. The summed E-state index contributed by atoms with van der Waals surface area (Å²) in [4.78, 5) is 12.2. The van der Waals surface area contributed by atoms with E-state index in [1.165, 1.54) is 6.42 Å². The number of anilines is 1. The summed E-state index contributed by atoms with van der Waals surface area (Å²) in [6, 6.07) is 6.40. The van der Waals surface area contributed by atoms with Crippen molar-refractivity contribution in [3.05, 3.63) is 24.3 Å². The minimum absolute atomic E-state index is 0.0394. The fraction of sp³-hybridized carbons (Fsp3) is 0.533. The first-order valence-electron chi connectivity index (χ1n) is 7.20. The fourth-order valence-corrected chi connectivity index (χ4v) is 4.09. The number of carbonyl (C=O) groups excluding carboxylic acids is 1. The lowest BCUT2D eigenvalue weighted by molar-refractivity contribution is -0.140. The normalized spacial score (nSPS) is 27.6. The molecule has 2 aliphatic carbocycles. The summed E-state index contributed by atoms with van der Waals surface area (Å²) in [7, 11) is -3.29. The van der Waals surface area contributed by atoms with Crippen molar-refractivity contribution in [3.8, 4) is 5.75 Å². The van der Waals surface area contributed by atoms with Gasteiger partial charge in [0, 0.05) is 5.69 Å². The maximum Gasteiger partial charge on any atom is 0.314 e. The van der Waals surface area contributed by atoms with E-state index in [1.54, 1.807) is 24.3 Å². The van der Waals surface area contributed by atoms with Crippen LogP contribution in [0.1, 0.15) is 25.7 Å². The van der Waals surface area contributed by atoms with Crippen molar-refractivity contribution >= 4 is 21.7 Å². The van der Waals surface area contributed by atoms with Crippen LogP contribution in [0.2, 0.25) is 0 Å². The van der Waals surface area contributed by atoms with E-state index < -0.39 is 10.0 Å². The van der Waals surface area contributed by atoms with Crippen molar-refractivity contribution < 1.29 is 17.9 Å². The molecule has 6 heteroatoms. The Bertz CT molecular complexity index is 638. The van der Waals surface area contributed by atoms with Crippen molar-refractivity contribution in [2.24, 2.45) is 17.8 Å². The van der Waals surface area contributed by atoms with Gasteiger partial charge in [0.2, 0.25) is 10.0 Å². The van der Waals surface area contributed by atoms with Gasteiger partial charge in [-0.05, 0) is 55.4 Å². The quantitative estimate of drug-likeness (QED) is 0.685. The van der Waals surface area contributed by atoms with Gasteiger partial charge in [-0.1, -0.05) is 6.42 Å². The van der Waals surface area contributed by atoms with Crippen LogP contribution < -0.4 is 9.46 Å². The molecule has 0 heterocycles. The molecule has 3 atom stereocenters. The van der Waals surface area contributed by atoms with Crippen molar-refractivity contribution in [1.82, 2.24) is 0 Å². The van der Waals surface area contributed by atoms with E-state index in [2.05, 4.69) is 4.72 Å². The molecule has 5 nitrogen and oxygen atoms in total. The number of rotatable bonds is 4. The van der Waals surface area contributed by atoms with E-state index in [9.17, 15) is 13.2 Å². The van der Waals surface area contributed by atoms with E-state index in [-0.39, 0.29) is 11.9 Å². The standard InChI is InChI=1S/C15H19NO4S/c1-21(18,19)16-12-4-6-13(7-5-12)20-15(17)14-9-10-2-3-11(14)8-10/h4-7,10-11,14,16H,2-3,8-9H2,1H3. The molecule has 2 aliphatic rings. The lowest BCUT2D eigenvalue weighted by Gasteiger charge is -2.19. The zero-order valence-corrected chi connectivity index (χ0v) is 12.7. The van der Waals surface area contributed by atoms with Gasteiger partial charge in [0.15, 0.2) is 0 Å². The highest BCUT2D eigenvalue weighted by Crippen LogP contribution is 2.48. The Labute approximate surface area is 124 Å². The minimum Gasteiger partial charge on any atom is -0.426 e. The molecule has 0 aliphatic heterocycles. The average molecular weight is 309 g/mol. The molecular weight excluding hydrogens is 290 g/mol. The highest BCUT2D eigenvalue weighted by Gasteiger charge is 2.44. The second-order valence-electron chi connectivity index (χ2n) is 6.10. The van der Waals surface area contributed by atoms with Crippen molar-refractivity contribution in [1.29, 1.82) is 0 Å². The van der Waals surface area contributed by atoms with Crippen LogP contribution in [0.4, 0.5) is 5.69 Å². The highest BCUT2D eigenvalue weighted by molar-refractivity contribution is 7.92. The van der Waals surface area contributed by atoms with Crippen LogP contribution in [0.25, 0.3) is 0 Å². The largest absolute Gasteiger partial charge is 0.426 e. The highest BCUT2D eigenvalue weighted by atomic mass is 32.2. The Morgan fingerprint density at radius 3 is 2.43 bits per heavy atom. The van der Waals surface area contributed by atoms with Crippen LogP contribution in [0, 0.1) is 17.8 Å². The van der Waals surface area contributed by atoms with E-state index in [0.29, 0.717) is 23.3 Å². The van der Waals surface area contributed by atoms with Crippen molar-refractivity contribution in [2.45, 2.75) is 25.7 Å². The van der Waals surface area contributed by atoms with E-state index >= 15 is 0 Å². The van der Waals surface area contributed by atoms with Crippen LogP contribution in [0.5, 0.6) is 5.75 Å². The van der Waals surface area contributed by atoms with Gasteiger partial charge in [-0.25, -0.2) is 8.42 Å². The van der Waals surface area contributed by atoms with E-state index in [0.717, 1.165) is 25.5 Å². The Kier molecular flexibility index (Phi) is 3.65. The number of hydrogen-bond acceptors (Lipinski definition) is 4. The third-order valence-corrected chi connectivity index (χ3v) is 5.02. The summed E-state index contributed by atoms with van der Waals surface area (Å²) >= 11 is 0. The molecule has 0 spiro atoms. The Morgan fingerprint density at radius 1 is 1.19 bits per heavy atom. The van der Waals surface area contributed by atoms with Gasteiger partial charge >= 0.3 is 5.97 Å². The van der Waals surface area contributed by atoms with E-state index in [1.807, 2.05) is 0 Å². The molecule has 0 saturated heterocycles. The number of nitrogens with one attached hydrogen (secondary N) is 1. The van der Waals surface area contributed by atoms with Gasteiger partial charge in [0.1, 0.15) is 5.75 Å². The molecule has 3 rings (SSSR count). The molecule has 21 heavy (non-hydrogen) atoms. The summed E-state index contributed by atoms with van der Waals surface area (Å²) in [5, 5.41) is 0. The van der Waals surface area contributed by atoms with Gasteiger partial charge in [0.05, 0.1) is 12.2 Å². The predicted octanol–water partition coefficient (Wildman–Crippen LogP) is 2.40. The number of sulfonamides is 1. The summed E-state index contributed by atoms with van der Waals surface area (Å²) in [5.74, 6) is 1.55. The number of fused-ring (bicyclic) bond motifs is 2. The molecule has 3 unspecified atom stereocenters. The number of esters is 1. The molecule has 114 valence electrons. The second kappa shape index (κ2) is 5.33. The van der Waals surface area contributed by atoms with Crippen LogP contribution in [0.3, 0.4) is 0 Å². The van der Waals surface area contributed by atoms with Crippen molar-refractivity contribution in [2.75, 3.05) is 11.0 Å². The third-order valence-electron chi connectivity index (χ3n) is 4.42. The molecule has 1 aromatic rings. The van der Waals surface area contributed by atoms with Crippen molar-refractivity contribution in [3.63, 3.8) is 0 Å². The fourth-order valence-electron chi connectivity index (χ4n) is 3.53. The first-order valence-corrected chi connectivity index (χ1v) is 9.09. The first-order chi connectivity index (χ1) is 9.90. The molecule has 1 N–H and O–H groups in total. The SMILES string of the molecule is CS(=O)(=O)Nc1ccc(OC(=O)C2CC3CCC2C3)cc1. The predicted molar refractivity (Wildman–Crippen MR) is 79.5 cm³/mol. The Morgan fingerprint density at radius 2 is 1.90 bits per heavy atom. The lowest BCUT2D eigenvalue weighted by Crippen LogP contribution is -2.25. The zero-order valence-electron chi connectivity index (χ0n) is 11.9. The number of benzene rings is 1. The Hall–Kier alpha value is -1.56. The number of ether oxygens (including phenoxy) is 1. The van der Waals surface area contributed by atoms with Crippen LogP contribution in [0.15, 0.2) is 24.3 Å². The topological polar surface area (TPSA) is 72.5 Å². The maximum absolute atomic E-state index is 12.2. The summed E-state index contributed by atoms with van der Waals surface area (Å²) < 4.78 is 30.0. The van der Waals surface area contributed by atoms with Gasteiger partial charge in [-0.2, -0.15) is 0 Å². The monoisotopic (exact) mass is 309 g/mol. The molecule has 2 saturated carbocycles. The summed E-state index contributed by atoms with van der Waals surface area (Å²) in [5.41, 5.74) is 0.456. The van der Waals surface area contributed by atoms with Gasteiger partial charge in [-0.15, -0.1) is 0 Å². The average Bonchev–Trinajstić information content (AvgIpc) is 3.01. The molecule has 0 amide bonds. The summed E-state index contributed by atoms with van der Waals surface area (Å²) in [6.45, 7) is 0. The first kappa shape index (κ1) is 14.4. The summed E-state index contributed by atoms with van der Waals surface area (Å²) in [6.07, 6.45) is 5.60. The maximum atomic E-state index is 12.2. The number of hydrogen-bond donors (Lipinski definition) is 1. The smallest absolute Gasteiger partial charge is 0.314 e. The zero-order chi connectivity index (χ0) is 15.0. The van der Waals surface area contributed by atoms with Gasteiger partial charge < -0.3 is 4.74 Å². The third kappa shape index (κ3) is 3.37. The molecule has 1 aromatic carbocycles. The van der Waals surface area contributed by atoms with E-state index in [4.69, 9.17) is 4.74 Å². The minimum atomic E-state index is -3.29. The van der Waals surface area contributed by atoms with Crippen LogP contribution >= 0.6 is 0 Å². The van der Waals surface area contributed by atoms with Crippen LogP contribution in [-0.2, 0) is 14.8 Å². The van der Waals surface area contributed by atoms with Gasteiger partial charge in [0.25, 0.3) is 0 Å². The van der Waals surface area contributed by atoms with Gasteiger partial charge in [-0.3, -0.25) is 9.52 Å². The molecule has 0 radical (unpaired) electrons.